The van der Waals surface area contributed by atoms with Crippen LogP contribution in [0, 0.1) is 5.92 Å². The maximum Gasteiger partial charge on any atom is 0.261 e. The number of nitrogens with two attached hydrogens (primary N) is 1. The van der Waals surface area contributed by atoms with Crippen LogP contribution in [-0.2, 0) is 0 Å². The minimum atomic E-state index is -0.161. The predicted octanol–water partition coefficient (Wildman–Crippen LogP) is 2.00. The van der Waals surface area contributed by atoms with Crippen molar-refractivity contribution in [1.82, 2.24) is 4.90 Å². The number of fused-ring (bicyclic) bond motifs is 1. The summed E-state index contributed by atoms with van der Waals surface area (Å²) in [6, 6.07) is 7.01. The van der Waals surface area contributed by atoms with Gasteiger partial charge in [0.1, 0.15) is 0 Å². The Morgan fingerprint density at radius 3 is 2.35 bits per heavy atom. The summed E-state index contributed by atoms with van der Waals surface area (Å²) in [5.41, 5.74) is 6.62. The number of amides is 2. The third kappa shape index (κ3) is 3.22. The molecule has 1 aliphatic rings. The molecule has 4 nitrogen and oxygen atoms in total. The van der Waals surface area contributed by atoms with Crippen LogP contribution >= 0.6 is 11.8 Å². The molecule has 0 aromatic heterocycles. The van der Waals surface area contributed by atoms with Crippen LogP contribution in [0.15, 0.2) is 24.3 Å². The molecule has 0 spiro atoms. The molecule has 0 saturated heterocycles. The Labute approximate surface area is 123 Å². The summed E-state index contributed by atoms with van der Waals surface area (Å²) in [7, 11) is 0. The van der Waals surface area contributed by atoms with Gasteiger partial charge in [-0.1, -0.05) is 19.1 Å². The molecule has 1 aromatic carbocycles. The number of nitrogens with zero attached hydrogens (tertiary/aromatic N) is 1. The zero-order chi connectivity index (χ0) is 14.5. The van der Waals surface area contributed by atoms with Crippen molar-refractivity contribution in [2.45, 2.75) is 13.3 Å². The molecule has 2 amide bonds. The maximum absolute atomic E-state index is 12.1. The van der Waals surface area contributed by atoms with Gasteiger partial charge in [-0.05, 0) is 42.5 Å². The highest BCUT2D eigenvalue weighted by molar-refractivity contribution is 7.99. The van der Waals surface area contributed by atoms with E-state index in [0.29, 0.717) is 30.1 Å². The predicted molar refractivity (Wildman–Crippen MR) is 82.0 cm³/mol. The quantitative estimate of drug-likeness (QED) is 0.617. The first-order valence-electron chi connectivity index (χ1n) is 6.88. The Hall–Kier alpha value is -1.33. The lowest BCUT2D eigenvalue weighted by atomic mass is 10.1. The summed E-state index contributed by atoms with van der Waals surface area (Å²) in [4.78, 5) is 25.6. The first-order chi connectivity index (χ1) is 9.65. The first kappa shape index (κ1) is 15.1. The van der Waals surface area contributed by atoms with Gasteiger partial charge in [0.25, 0.3) is 11.8 Å². The highest BCUT2D eigenvalue weighted by Gasteiger charge is 2.34. The minimum absolute atomic E-state index is 0.161. The molecule has 0 aliphatic carbocycles. The van der Waals surface area contributed by atoms with E-state index in [1.165, 1.54) is 4.90 Å². The average molecular weight is 292 g/mol. The smallest absolute Gasteiger partial charge is 0.261 e. The minimum Gasteiger partial charge on any atom is -0.330 e. The third-order valence-electron chi connectivity index (χ3n) is 3.35. The molecule has 1 heterocycles. The summed E-state index contributed by atoms with van der Waals surface area (Å²) in [5.74, 6) is 2.16. The second-order valence-electron chi connectivity index (χ2n) is 5.08. The highest BCUT2D eigenvalue weighted by atomic mass is 32.2. The largest absolute Gasteiger partial charge is 0.330 e. The van der Waals surface area contributed by atoms with E-state index < -0.39 is 0 Å². The molecular weight excluding hydrogens is 272 g/mol. The molecule has 1 unspecified atom stereocenters. The van der Waals surface area contributed by atoms with Gasteiger partial charge in [-0.25, -0.2) is 0 Å². The lowest BCUT2D eigenvalue weighted by Crippen LogP contribution is -2.31. The molecule has 1 aliphatic heterocycles. The fourth-order valence-electron chi connectivity index (χ4n) is 2.12. The van der Waals surface area contributed by atoms with Gasteiger partial charge in [0.15, 0.2) is 0 Å². The van der Waals surface area contributed by atoms with Gasteiger partial charge in [0.2, 0.25) is 0 Å². The van der Waals surface area contributed by atoms with Crippen molar-refractivity contribution < 1.29 is 9.59 Å². The number of rotatable bonds is 7. The Bertz CT molecular complexity index is 469. The second kappa shape index (κ2) is 6.90. The standard InChI is InChI=1S/C15H20N2O2S/c1-11(9-16)10-20-8-4-7-17-14(18)12-5-2-3-6-13(12)15(17)19/h2-3,5-6,11H,4,7-10,16H2,1H3. The molecule has 0 bridgehead atoms. The zero-order valence-corrected chi connectivity index (χ0v) is 12.5. The van der Waals surface area contributed by atoms with Gasteiger partial charge in [-0.2, -0.15) is 11.8 Å². The number of hydrogen-bond donors (Lipinski definition) is 1. The van der Waals surface area contributed by atoms with Crippen molar-refractivity contribution in [3.8, 4) is 0 Å². The van der Waals surface area contributed by atoms with E-state index in [-0.39, 0.29) is 11.8 Å². The van der Waals surface area contributed by atoms with Gasteiger partial charge in [-0.15, -0.1) is 0 Å². The normalized spacial score (nSPS) is 15.6. The van der Waals surface area contributed by atoms with Crippen LogP contribution in [-0.4, -0.2) is 41.3 Å². The molecule has 0 radical (unpaired) electrons. The number of thioether (sulfide) groups is 1. The van der Waals surface area contributed by atoms with E-state index in [0.717, 1.165) is 17.9 Å². The Kier molecular flexibility index (Phi) is 5.20. The van der Waals surface area contributed by atoms with Crippen LogP contribution in [0.1, 0.15) is 34.1 Å². The second-order valence-corrected chi connectivity index (χ2v) is 6.23. The van der Waals surface area contributed by atoms with E-state index in [4.69, 9.17) is 5.73 Å². The fraction of sp³-hybridized carbons (Fsp3) is 0.467. The molecule has 20 heavy (non-hydrogen) atoms. The molecule has 5 heteroatoms. The van der Waals surface area contributed by atoms with E-state index in [1.807, 2.05) is 11.8 Å². The van der Waals surface area contributed by atoms with Crippen molar-refractivity contribution in [3.63, 3.8) is 0 Å². The Morgan fingerprint density at radius 2 is 1.80 bits per heavy atom. The first-order valence-corrected chi connectivity index (χ1v) is 8.03. The van der Waals surface area contributed by atoms with Crippen molar-refractivity contribution >= 4 is 23.6 Å². The number of carbonyl (C=O) groups excluding carboxylic acids is 2. The molecule has 0 saturated carbocycles. The van der Waals surface area contributed by atoms with Crippen LogP contribution in [0.2, 0.25) is 0 Å². The van der Waals surface area contributed by atoms with Crippen molar-refractivity contribution in [1.29, 1.82) is 0 Å². The number of benzene rings is 1. The molecule has 2 N–H and O–H groups in total. The molecule has 1 aromatic rings. The third-order valence-corrected chi connectivity index (χ3v) is 4.74. The molecule has 1 atom stereocenters. The van der Waals surface area contributed by atoms with E-state index >= 15 is 0 Å². The average Bonchev–Trinajstić information content (AvgIpc) is 2.71. The van der Waals surface area contributed by atoms with Crippen LogP contribution in [0.3, 0.4) is 0 Å². The maximum atomic E-state index is 12.1. The van der Waals surface area contributed by atoms with Gasteiger partial charge in [-0.3, -0.25) is 14.5 Å². The number of carbonyl (C=O) groups is 2. The van der Waals surface area contributed by atoms with Gasteiger partial charge in [0.05, 0.1) is 11.1 Å². The number of imide groups is 1. The highest BCUT2D eigenvalue weighted by Crippen LogP contribution is 2.22. The van der Waals surface area contributed by atoms with E-state index in [1.54, 1.807) is 24.3 Å². The van der Waals surface area contributed by atoms with E-state index in [2.05, 4.69) is 6.92 Å². The fourth-order valence-corrected chi connectivity index (χ4v) is 3.16. The monoisotopic (exact) mass is 292 g/mol. The lowest BCUT2D eigenvalue weighted by Gasteiger charge is -2.13. The van der Waals surface area contributed by atoms with Crippen LogP contribution < -0.4 is 5.73 Å². The SMILES string of the molecule is CC(CN)CSCCCN1C(=O)c2ccccc2C1=O. The summed E-state index contributed by atoms with van der Waals surface area (Å²) in [6.45, 7) is 3.32. The Balaban J connectivity index is 1.81. The van der Waals surface area contributed by atoms with Crippen LogP contribution in [0.4, 0.5) is 0 Å². The molecule has 0 fully saturated rings. The van der Waals surface area contributed by atoms with Gasteiger partial charge >= 0.3 is 0 Å². The van der Waals surface area contributed by atoms with Crippen molar-refractivity contribution in [2.75, 3.05) is 24.6 Å². The Morgan fingerprint density at radius 1 is 1.20 bits per heavy atom. The van der Waals surface area contributed by atoms with Crippen molar-refractivity contribution in [2.24, 2.45) is 11.7 Å². The summed E-state index contributed by atoms with van der Waals surface area (Å²) < 4.78 is 0. The molecular formula is C15H20N2O2S. The van der Waals surface area contributed by atoms with Gasteiger partial charge in [0, 0.05) is 6.54 Å². The van der Waals surface area contributed by atoms with Crippen LogP contribution in [0.5, 0.6) is 0 Å². The van der Waals surface area contributed by atoms with E-state index in [9.17, 15) is 9.59 Å². The summed E-state index contributed by atoms with van der Waals surface area (Å²) in [5, 5.41) is 0. The van der Waals surface area contributed by atoms with Crippen molar-refractivity contribution in [3.05, 3.63) is 35.4 Å². The topological polar surface area (TPSA) is 63.4 Å². The lowest BCUT2D eigenvalue weighted by molar-refractivity contribution is 0.0655. The zero-order valence-electron chi connectivity index (χ0n) is 11.7. The van der Waals surface area contributed by atoms with Crippen LogP contribution in [0.25, 0.3) is 0 Å². The van der Waals surface area contributed by atoms with Gasteiger partial charge < -0.3 is 5.73 Å². The number of hydrogen-bond acceptors (Lipinski definition) is 4. The summed E-state index contributed by atoms with van der Waals surface area (Å²) in [6.07, 6.45) is 0.827. The summed E-state index contributed by atoms with van der Waals surface area (Å²) >= 11 is 1.83. The molecule has 2 rings (SSSR count). The molecule has 108 valence electrons.